The number of carbonyl (C=O) groups is 2. The van der Waals surface area contributed by atoms with Gasteiger partial charge in [-0.2, -0.15) is 0 Å². The zero-order valence-corrected chi connectivity index (χ0v) is 15.7. The Hall–Kier alpha value is -3.15. The van der Waals surface area contributed by atoms with Crippen LogP contribution < -0.4 is 5.32 Å². The highest BCUT2D eigenvalue weighted by molar-refractivity contribution is 6.07. The predicted molar refractivity (Wildman–Crippen MR) is 104 cm³/mol. The number of esters is 1. The molecule has 0 aliphatic carbocycles. The third kappa shape index (κ3) is 4.16. The molecule has 0 saturated heterocycles. The summed E-state index contributed by atoms with van der Waals surface area (Å²) in [7, 11) is 0. The Balaban J connectivity index is 1.83. The minimum Gasteiger partial charge on any atom is -0.462 e. The number of pyridine rings is 1. The summed E-state index contributed by atoms with van der Waals surface area (Å²) in [6.07, 6.45) is 2.71. The van der Waals surface area contributed by atoms with Crippen LogP contribution in [0, 0.1) is 5.92 Å². The molecule has 2 heterocycles. The van der Waals surface area contributed by atoms with E-state index in [2.05, 4.69) is 24.1 Å². The fourth-order valence-electron chi connectivity index (χ4n) is 2.87. The number of aromatic nitrogens is 2. The summed E-state index contributed by atoms with van der Waals surface area (Å²) in [6, 6.07) is 12.3. The predicted octanol–water partition coefficient (Wildman–Crippen LogP) is 3.96. The van der Waals surface area contributed by atoms with Crippen LogP contribution in [0.25, 0.3) is 5.52 Å². The molecular weight excluding hydrogens is 342 g/mol. The van der Waals surface area contributed by atoms with Gasteiger partial charge in [0.05, 0.1) is 17.7 Å². The van der Waals surface area contributed by atoms with Crippen molar-refractivity contribution in [2.24, 2.45) is 5.92 Å². The highest BCUT2D eigenvalue weighted by Gasteiger charge is 2.18. The van der Waals surface area contributed by atoms with E-state index in [0.29, 0.717) is 29.5 Å². The third-order valence-corrected chi connectivity index (χ3v) is 4.08. The third-order valence-electron chi connectivity index (χ3n) is 4.08. The van der Waals surface area contributed by atoms with E-state index in [0.717, 1.165) is 17.8 Å². The SMILES string of the molecule is CCOC(=O)c1ccc(NC(=O)c2nc(CC(C)C)n3ccccc23)cc1. The van der Waals surface area contributed by atoms with Crippen LogP contribution in [0.15, 0.2) is 48.7 Å². The first-order valence-corrected chi connectivity index (χ1v) is 9.04. The maximum absolute atomic E-state index is 12.8. The monoisotopic (exact) mass is 365 g/mol. The average Bonchev–Trinajstić information content (AvgIpc) is 3.01. The summed E-state index contributed by atoms with van der Waals surface area (Å²) in [6.45, 7) is 6.32. The molecular formula is C21H23N3O3. The minimum atomic E-state index is -0.381. The first-order valence-electron chi connectivity index (χ1n) is 9.04. The van der Waals surface area contributed by atoms with E-state index in [1.54, 1.807) is 31.2 Å². The summed E-state index contributed by atoms with van der Waals surface area (Å²) in [5, 5.41) is 2.85. The van der Waals surface area contributed by atoms with E-state index < -0.39 is 0 Å². The summed E-state index contributed by atoms with van der Waals surface area (Å²) < 4.78 is 6.92. The van der Waals surface area contributed by atoms with Gasteiger partial charge in [0.1, 0.15) is 5.82 Å². The molecule has 0 unspecified atom stereocenters. The van der Waals surface area contributed by atoms with E-state index in [-0.39, 0.29) is 11.9 Å². The van der Waals surface area contributed by atoms with Crippen LogP contribution in [0.4, 0.5) is 5.69 Å². The number of benzene rings is 1. The van der Waals surface area contributed by atoms with Crippen LogP contribution >= 0.6 is 0 Å². The molecule has 3 rings (SSSR count). The Kier molecular flexibility index (Phi) is 5.54. The van der Waals surface area contributed by atoms with Crippen LogP contribution in [0.3, 0.4) is 0 Å². The largest absolute Gasteiger partial charge is 0.462 e. The number of nitrogens with zero attached hydrogens (tertiary/aromatic N) is 2. The number of imidazole rings is 1. The summed E-state index contributed by atoms with van der Waals surface area (Å²) in [4.78, 5) is 29.1. The van der Waals surface area contributed by atoms with Crippen molar-refractivity contribution in [2.75, 3.05) is 11.9 Å². The number of ether oxygens (including phenoxy) is 1. The van der Waals surface area contributed by atoms with E-state index in [4.69, 9.17) is 4.74 Å². The smallest absolute Gasteiger partial charge is 0.338 e. The van der Waals surface area contributed by atoms with Crippen molar-refractivity contribution in [3.8, 4) is 0 Å². The van der Waals surface area contributed by atoms with Crippen molar-refractivity contribution >= 4 is 23.1 Å². The van der Waals surface area contributed by atoms with Crippen LogP contribution in [0.1, 0.15) is 47.4 Å². The molecule has 0 bridgehead atoms. The van der Waals surface area contributed by atoms with E-state index in [1.165, 1.54) is 0 Å². The average molecular weight is 365 g/mol. The zero-order valence-electron chi connectivity index (χ0n) is 15.7. The van der Waals surface area contributed by atoms with Crippen molar-refractivity contribution in [3.63, 3.8) is 0 Å². The molecule has 0 saturated carbocycles. The highest BCUT2D eigenvalue weighted by Crippen LogP contribution is 2.18. The molecule has 6 nitrogen and oxygen atoms in total. The van der Waals surface area contributed by atoms with Gasteiger partial charge in [-0.1, -0.05) is 19.9 Å². The first-order chi connectivity index (χ1) is 13.0. The summed E-state index contributed by atoms with van der Waals surface area (Å²) in [5.41, 5.74) is 2.20. The molecule has 1 aromatic carbocycles. The van der Waals surface area contributed by atoms with Gasteiger partial charge in [-0.05, 0) is 49.2 Å². The van der Waals surface area contributed by atoms with Gasteiger partial charge in [0, 0.05) is 18.3 Å². The number of fused-ring (bicyclic) bond motifs is 1. The number of anilines is 1. The van der Waals surface area contributed by atoms with E-state index in [9.17, 15) is 9.59 Å². The van der Waals surface area contributed by atoms with Gasteiger partial charge in [0.25, 0.3) is 5.91 Å². The lowest BCUT2D eigenvalue weighted by Gasteiger charge is -2.05. The highest BCUT2D eigenvalue weighted by atomic mass is 16.5. The fraction of sp³-hybridized carbons (Fsp3) is 0.286. The lowest BCUT2D eigenvalue weighted by molar-refractivity contribution is 0.0526. The van der Waals surface area contributed by atoms with Crippen molar-refractivity contribution in [1.29, 1.82) is 0 Å². The Bertz CT molecular complexity index is 958. The molecule has 0 fully saturated rings. The minimum absolute atomic E-state index is 0.280. The molecule has 6 heteroatoms. The Labute approximate surface area is 158 Å². The standard InChI is InChI=1S/C21H23N3O3/c1-4-27-21(26)15-8-10-16(11-9-15)22-20(25)19-17-7-5-6-12-24(17)18(23-19)13-14(2)3/h5-12,14H,4,13H2,1-3H3,(H,22,25). The van der Waals surface area contributed by atoms with E-state index in [1.807, 2.05) is 28.8 Å². The maximum Gasteiger partial charge on any atom is 0.338 e. The Morgan fingerprint density at radius 1 is 1.15 bits per heavy atom. The molecule has 27 heavy (non-hydrogen) atoms. The summed E-state index contributed by atoms with van der Waals surface area (Å²) in [5.74, 6) is 0.636. The maximum atomic E-state index is 12.8. The van der Waals surface area contributed by atoms with Crippen LogP contribution in [-0.4, -0.2) is 27.9 Å². The van der Waals surface area contributed by atoms with E-state index >= 15 is 0 Å². The Morgan fingerprint density at radius 3 is 2.56 bits per heavy atom. The molecule has 0 spiro atoms. The van der Waals surface area contributed by atoms with Crippen molar-refractivity contribution in [3.05, 3.63) is 65.7 Å². The molecule has 0 aliphatic rings. The van der Waals surface area contributed by atoms with Gasteiger partial charge in [-0.15, -0.1) is 0 Å². The van der Waals surface area contributed by atoms with Crippen LogP contribution in [0.5, 0.6) is 0 Å². The second kappa shape index (κ2) is 8.03. The normalized spacial score (nSPS) is 11.0. The van der Waals surface area contributed by atoms with Gasteiger partial charge < -0.3 is 14.5 Å². The molecule has 1 amide bonds. The lowest BCUT2D eigenvalue weighted by atomic mass is 10.1. The van der Waals surface area contributed by atoms with Crippen molar-refractivity contribution in [1.82, 2.24) is 9.38 Å². The van der Waals surface area contributed by atoms with Crippen LogP contribution in [-0.2, 0) is 11.2 Å². The Morgan fingerprint density at radius 2 is 1.89 bits per heavy atom. The van der Waals surface area contributed by atoms with Gasteiger partial charge in [-0.3, -0.25) is 4.79 Å². The molecule has 0 radical (unpaired) electrons. The van der Waals surface area contributed by atoms with Gasteiger partial charge in [-0.25, -0.2) is 9.78 Å². The molecule has 1 N–H and O–H groups in total. The van der Waals surface area contributed by atoms with Crippen molar-refractivity contribution < 1.29 is 14.3 Å². The lowest BCUT2D eigenvalue weighted by Crippen LogP contribution is -2.13. The number of amides is 1. The fourth-order valence-corrected chi connectivity index (χ4v) is 2.87. The van der Waals surface area contributed by atoms with Gasteiger partial charge in [0.2, 0.25) is 0 Å². The number of hydrogen-bond donors (Lipinski definition) is 1. The second-order valence-electron chi connectivity index (χ2n) is 6.68. The van der Waals surface area contributed by atoms with Crippen LogP contribution in [0.2, 0.25) is 0 Å². The summed E-state index contributed by atoms with van der Waals surface area (Å²) >= 11 is 0. The topological polar surface area (TPSA) is 72.7 Å². The van der Waals surface area contributed by atoms with Gasteiger partial charge in [0.15, 0.2) is 5.69 Å². The van der Waals surface area contributed by atoms with Crippen molar-refractivity contribution in [2.45, 2.75) is 27.2 Å². The number of rotatable bonds is 6. The number of nitrogens with one attached hydrogen (secondary N) is 1. The molecule has 0 atom stereocenters. The molecule has 3 aromatic rings. The molecule has 0 aliphatic heterocycles. The second-order valence-corrected chi connectivity index (χ2v) is 6.68. The molecule has 2 aromatic heterocycles. The molecule has 140 valence electrons. The first kappa shape index (κ1) is 18.6. The zero-order chi connectivity index (χ0) is 19.4. The van der Waals surface area contributed by atoms with Gasteiger partial charge >= 0.3 is 5.97 Å². The quantitative estimate of drug-likeness (QED) is 0.671. The number of hydrogen-bond acceptors (Lipinski definition) is 4. The number of carbonyl (C=O) groups excluding carboxylic acids is 2.